The monoisotopic (exact) mass is 338 g/mol. The predicted molar refractivity (Wildman–Crippen MR) is 91.9 cm³/mol. The van der Waals surface area contributed by atoms with Crippen molar-refractivity contribution in [2.75, 3.05) is 20.1 Å². The van der Waals surface area contributed by atoms with Crippen LogP contribution in [0.15, 0.2) is 17.5 Å². The molecule has 1 fully saturated rings. The first-order chi connectivity index (χ1) is 10.8. The molecule has 0 aliphatic carbocycles. The summed E-state index contributed by atoms with van der Waals surface area (Å²) in [5.41, 5.74) is -0.502. The topological polar surface area (TPSA) is 49.9 Å². The van der Waals surface area contributed by atoms with E-state index in [1.807, 2.05) is 38.3 Å². The summed E-state index contributed by atoms with van der Waals surface area (Å²) in [7, 11) is 1.80. The van der Waals surface area contributed by atoms with Crippen LogP contribution in [0.4, 0.5) is 4.79 Å². The molecule has 0 saturated carbocycles. The fraction of sp³-hybridized carbons (Fsp3) is 0.647. The third kappa shape index (κ3) is 4.96. The molecule has 128 valence electrons. The van der Waals surface area contributed by atoms with E-state index in [-0.39, 0.29) is 18.0 Å². The van der Waals surface area contributed by atoms with Gasteiger partial charge in [0, 0.05) is 20.1 Å². The van der Waals surface area contributed by atoms with Gasteiger partial charge in [-0.3, -0.25) is 4.79 Å². The molecule has 1 atom stereocenters. The van der Waals surface area contributed by atoms with E-state index in [2.05, 4.69) is 0 Å². The zero-order chi connectivity index (χ0) is 17.0. The molecule has 1 aliphatic heterocycles. The van der Waals surface area contributed by atoms with Crippen LogP contribution < -0.4 is 0 Å². The molecule has 0 aromatic carbocycles. The van der Waals surface area contributed by atoms with Crippen LogP contribution in [0.2, 0.25) is 0 Å². The zero-order valence-electron chi connectivity index (χ0n) is 14.4. The van der Waals surface area contributed by atoms with Crippen molar-refractivity contribution in [3.05, 3.63) is 22.4 Å². The van der Waals surface area contributed by atoms with Crippen LogP contribution in [-0.2, 0) is 4.74 Å². The standard InChI is InChI=1S/C17H26N2O3S/c1-17(2,3)22-16(21)19-10-6-5-8-13(19)12-18(4)15(20)14-9-7-11-23-14/h7,9,11,13H,5-6,8,10,12H2,1-4H3. The second-order valence-corrected chi connectivity index (χ2v) is 7.93. The average Bonchev–Trinajstić information content (AvgIpc) is 2.99. The number of rotatable bonds is 3. The van der Waals surface area contributed by atoms with Crippen molar-refractivity contribution in [3.8, 4) is 0 Å². The van der Waals surface area contributed by atoms with Crippen molar-refractivity contribution < 1.29 is 14.3 Å². The summed E-state index contributed by atoms with van der Waals surface area (Å²) < 4.78 is 5.51. The Morgan fingerprint density at radius 3 is 2.74 bits per heavy atom. The summed E-state index contributed by atoms with van der Waals surface area (Å²) in [6.45, 7) is 6.85. The smallest absolute Gasteiger partial charge is 0.410 e. The van der Waals surface area contributed by atoms with E-state index in [1.54, 1.807) is 16.8 Å². The van der Waals surface area contributed by atoms with Crippen LogP contribution in [0.3, 0.4) is 0 Å². The van der Waals surface area contributed by atoms with E-state index in [9.17, 15) is 9.59 Å². The second-order valence-electron chi connectivity index (χ2n) is 6.99. The van der Waals surface area contributed by atoms with Gasteiger partial charge in [-0.05, 0) is 51.5 Å². The number of hydrogen-bond donors (Lipinski definition) is 0. The van der Waals surface area contributed by atoms with Crippen LogP contribution in [0.1, 0.15) is 49.7 Å². The lowest BCUT2D eigenvalue weighted by atomic mass is 10.0. The van der Waals surface area contributed by atoms with Crippen LogP contribution in [0.25, 0.3) is 0 Å². The minimum Gasteiger partial charge on any atom is -0.444 e. The summed E-state index contributed by atoms with van der Waals surface area (Å²) in [6, 6.07) is 3.72. The van der Waals surface area contributed by atoms with Gasteiger partial charge in [0.05, 0.1) is 10.9 Å². The maximum absolute atomic E-state index is 12.4. The molecule has 0 bridgehead atoms. The third-order valence-corrected chi connectivity index (χ3v) is 4.68. The Kier molecular flexibility index (Phi) is 5.68. The Bertz CT molecular complexity index is 537. The van der Waals surface area contributed by atoms with E-state index in [4.69, 9.17) is 4.74 Å². The van der Waals surface area contributed by atoms with Gasteiger partial charge in [-0.25, -0.2) is 4.79 Å². The molecule has 6 heteroatoms. The van der Waals surface area contributed by atoms with Crippen LogP contribution in [0.5, 0.6) is 0 Å². The molecule has 0 radical (unpaired) electrons. The number of amides is 2. The molecule has 0 N–H and O–H groups in total. The Hall–Kier alpha value is -1.56. The normalized spacial score (nSPS) is 18.6. The lowest BCUT2D eigenvalue weighted by Gasteiger charge is -2.38. The summed E-state index contributed by atoms with van der Waals surface area (Å²) in [6.07, 6.45) is 2.68. The van der Waals surface area contributed by atoms with Crippen molar-refractivity contribution in [2.24, 2.45) is 0 Å². The van der Waals surface area contributed by atoms with Gasteiger partial charge < -0.3 is 14.5 Å². The molecule has 0 spiro atoms. The molecule has 1 aromatic rings. The maximum atomic E-state index is 12.4. The fourth-order valence-corrected chi connectivity index (χ4v) is 3.46. The Morgan fingerprint density at radius 2 is 2.13 bits per heavy atom. The molecule has 2 amide bonds. The molecule has 1 saturated heterocycles. The zero-order valence-corrected chi connectivity index (χ0v) is 15.2. The third-order valence-electron chi connectivity index (χ3n) is 3.82. The molecule has 1 unspecified atom stereocenters. The van der Waals surface area contributed by atoms with Gasteiger partial charge >= 0.3 is 6.09 Å². The number of likely N-dealkylation sites (N-methyl/N-ethyl adjacent to an activating group) is 1. The SMILES string of the molecule is CN(CC1CCCCN1C(=O)OC(C)(C)C)C(=O)c1cccs1. The molecular weight excluding hydrogens is 312 g/mol. The predicted octanol–water partition coefficient (Wildman–Crippen LogP) is 3.61. The lowest BCUT2D eigenvalue weighted by molar-refractivity contribution is 0.00607. The molecule has 2 heterocycles. The summed E-state index contributed by atoms with van der Waals surface area (Å²) in [5.74, 6) is 0.00899. The Morgan fingerprint density at radius 1 is 1.39 bits per heavy atom. The number of ether oxygens (including phenoxy) is 1. The molecule has 23 heavy (non-hydrogen) atoms. The van der Waals surface area contributed by atoms with E-state index < -0.39 is 5.60 Å². The minimum atomic E-state index is -0.502. The van der Waals surface area contributed by atoms with E-state index >= 15 is 0 Å². The van der Waals surface area contributed by atoms with Crippen molar-refractivity contribution in [2.45, 2.75) is 51.7 Å². The molecule has 2 rings (SSSR count). The summed E-state index contributed by atoms with van der Waals surface area (Å²) >= 11 is 1.44. The molecular formula is C17H26N2O3S. The molecule has 5 nitrogen and oxygen atoms in total. The van der Waals surface area contributed by atoms with Gasteiger partial charge in [0.15, 0.2) is 0 Å². The van der Waals surface area contributed by atoms with Crippen LogP contribution in [0, 0.1) is 0 Å². The average molecular weight is 338 g/mol. The van der Waals surface area contributed by atoms with Gasteiger partial charge in [0.2, 0.25) is 0 Å². The molecule has 1 aromatic heterocycles. The van der Waals surface area contributed by atoms with Crippen molar-refractivity contribution in [1.82, 2.24) is 9.80 Å². The first-order valence-electron chi connectivity index (χ1n) is 8.06. The van der Waals surface area contributed by atoms with Gasteiger partial charge in [-0.15, -0.1) is 11.3 Å². The van der Waals surface area contributed by atoms with E-state index in [1.165, 1.54) is 11.3 Å². The molecule has 1 aliphatic rings. The number of piperidine rings is 1. The highest BCUT2D eigenvalue weighted by molar-refractivity contribution is 7.12. The number of nitrogens with zero attached hydrogens (tertiary/aromatic N) is 2. The second kappa shape index (κ2) is 7.34. The highest BCUT2D eigenvalue weighted by Crippen LogP contribution is 2.22. The highest BCUT2D eigenvalue weighted by Gasteiger charge is 2.32. The lowest BCUT2D eigenvalue weighted by Crippen LogP contribution is -2.51. The van der Waals surface area contributed by atoms with Gasteiger partial charge in [0.1, 0.15) is 5.60 Å². The number of hydrogen-bond acceptors (Lipinski definition) is 4. The first kappa shape index (κ1) is 17.8. The largest absolute Gasteiger partial charge is 0.444 e. The van der Waals surface area contributed by atoms with E-state index in [0.717, 1.165) is 24.1 Å². The first-order valence-corrected chi connectivity index (χ1v) is 8.94. The van der Waals surface area contributed by atoms with Crippen molar-refractivity contribution >= 4 is 23.3 Å². The maximum Gasteiger partial charge on any atom is 0.410 e. The quantitative estimate of drug-likeness (QED) is 0.846. The number of carbonyl (C=O) groups excluding carboxylic acids is 2. The highest BCUT2D eigenvalue weighted by atomic mass is 32.1. The van der Waals surface area contributed by atoms with Gasteiger partial charge in [0.25, 0.3) is 5.91 Å². The van der Waals surface area contributed by atoms with Crippen molar-refractivity contribution in [1.29, 1.82) is 0 Å². The summed E-state index contributed by atoms with van der Waals surface area (Å²) in [5, 5.41) is 1.90. The summed E-state index contributed by atoms with van der Waals surface area (Å²) in [4.78, 5) is 29.0. The van der Waals surface area contributed by atoms with Gasteiger partial charge in [-0.1, -0.05) is 6.07 Å². The number of thiophene rings is 1. The van der Waals surface area contributed by atoms with Crippen LogP contribution in [-0.4, -0.2) is 53.6 Å². The number of carbonyl (C=O) groups is 2. The van der Waals surface area contributed by atoms with Crippen LogP contribution >= 0.6 is 11.3 Å². The van der Waals surface area contributed by atoms with Gasteiger partial charge in [-0.2, -0.15) is 0 Å². The van der Waals surface area contributed by atoms with Crippen molar-refractivity contribution in [3.63, 3.8) is 0 Å². The minimum absolute atomic E-state index is 0.00899. The Labute approximate surface area is 142 Å². The number of likely N-dealkylation sites (tertiary alicyclic amines) is 1. The van der Waals surface area contributed by atoms with E-state index in [0.29, 0.717) is 13.1 Å². The fourth-order valence-electron chi connectivity index (χ4n) is 2.74. The Balaban J connectivity index is 2.00.